The summed E-state index contributed by atoms with van der Waals surface area (Å²) in [4.78, 5) is 24.3. The van der Waals surface area contributed by atoms with Crippen molar-refractivity contribution in [3.63, 3.8) is 0 Å². The second-order valence-electron chi connectivity index (χ2n) is 4.54. The van der Waals surface area contributed by atoms with Crippen LogP contribution in [0.2, 0.25) is 0 Å². The third-order valence-corrected chi connectivity index (χ3v) is 3.24. The molecule has 0 spiro atoms. The SMILES string of the molecule is Cc1ccc(C(=O)N2CC[C@@H](C(=O)O)C2)cc1F. The Kier molecular flexibility index (Phi) is 3.32. The van der Waals surface area contributed by atoms with E-state index >= 15 is 0 Å². The lowest BCUT2D eigenvalue weighted by Gasteiger charge is -2.16. The molecule has 1 aromatic rings. The van der Waals surface area contributed by atoms with Gasteiger partial charge in [0, 0.05) is 18.7 Å². The average Bonchev–Trinajstić information content (AvgIpc) is 2.81. The minimum Gasteiger partial charge on any atom is -0.481 e. The molecule has 0 radical (unpaired) electrons. The molecule has 96 valence electrons. The van der Waals surface area contributed by atoms with Gasteiger partial charge in [0.15, 0.2) is 0 Å². The number of likely N-dealkylation sites (tertiary alicyclic amines) is 1. The van der Waals surface area contributed by atoms with Gasteiger partial charge in [0.25, 0.3) is 5.91 Å². The van der Waals surface area contributed by atoms with Crippen molar-refractivity contribution in [2.75, 3.05) is 13.1 Å². The number of aliphatic carboxylic acids is 1. The summed E-state index contributed by atoms with van der Waals surface area (Å²) in [6.45, 7) is 2.23. The molecule has 18 heavy (non-hydrogen) atoms. The largest absolute Gasteiger partial charge is 0.481 e. The van der Waals surface area contributed by atoms with Crippen LogP contribution >= 0.6 is 0 Å². The Hall–Kier alpha value is -1.91. The van der Waals surface area contributed by atoms with Gasteiger partial charge >= 0.3 is 5.97 Å². The van der Waals surface area contributed by atoms with Crippen molar-refractivity contribution in [1.29, 1.82) is 0 Å². The molecule has 0 aromatic heterocycles. The first-order chi connectivity index (χ1) is 8.49. The lowest BCUT2D eigenvalue weighted by Crippen LogP contribution is -2.30. The van der Waals surface area contributed by atoms with Crippen molar-refractivity contribution in [1.82, 2.24) is 4.90 Å². The molecule has 1 saturated heterocycles. The lowest BCUT2D eigenvalue weighted by atomic mass is 10.1. The van der Waals surface area contributed by atoms with Gasteiger partial charge in [-0.3, -0.25) is 9.59 Å². The van der Waals surface area contributed by atoms with Gasteiger partial charge in [-0.15, -0.1) is 0 Å². The fraction of sp³-hybridized carbons (Fsp3) is 0.385. The summed E-state index contributed by atoms with van der Waals surface area (Å²) in [5.74, 6) is -2.13. The van der Waals surface area contributed by atoms with Gasteiger partial charge in [-0.05, 0) is 31.0 Å². The fourth-order valence-electron chi connectivity index (χ4n) is 2.05. The zero-order chi connectivity index (χ0) is 13.3. The second-order valence-corrected chi connectivity index (χ2v) is 4.54. The van der Waals surface area contributed by atoms with Crippen LogP contribution in [0.3, 0.4) is 0 Å². The van der Waals surface area contributed by atoms with E-state index in [9.17, 15) is 14.0 Å². The minimum absolute atomic E-state index is 0.198. The number of aryl methyl sites for hydroxylation is 1. The van der Waals surface area contributed by atoms with Crippen molar-refractivity contribution in [3.05, 3.63) is 35.1 Å². The average molecular weight is 251 g/mol. The standard InChI is InChI=1S/C13H14FNO3/c1-8-2-3-9(6-11(8)14)12(16)15-5-4-10(7-15)13(17)18/h2-3,6,10H,4-5,7H2,1H3,(H,17,18)/t10-/m1/s1. The molecule has 1 aliphatic heterocycles. The third kappa shape index (κ3) is 2.34. The molecule has 0 bridgehead atoms. The highest BCUT2D eigenvalue weighted by Crippen LogP contribution is 2.19. The highest BCUT2D eigenvalue weighted by molar-refractivity contribution is 5.94. The molecule has 1 N–H and O–H groups in total. The summed E-state index contributed by atoms with van der Waals surface area (Å²) >= 11 is 0. The minimum atomic E-state index is -0.889. The molecule has 1 aromatic carbocycles. The summed E-state index contributed by atoms with van der Waals surface area (Å²) < 4.78 is 13.4. The molecule has 2 rings (SSSR count). The molecule has 0 unspecified atom stereocenters. The topological polar surface area (TPSA) is 57.6 Å². The third-order valence-electron chi connectivity index (χ3n) is 3.24. The van der Waals surface area contributed by atoms with Crippen LogP contribution < -0.4 is 0 Å². The van der Waals surface area contributed by atoms with Gasteiger partial charge < -0.3 is 10.0 Å². The van der Waals surface area contributed by atoms with Crippen LogP contribution in [0.25, 0.3) is 0 Å². The highest BCUT2D eigenvalue weighted by atomic mass is 19.1. The van der Waals surface area contributed by atoms with Gasteiger partial charge in [0.05, 0.1) is 5.92 Å². The monoisotopic (exact) mass is 251 g/mol. The number of benzene rings is 1. The number of carbonyl (C=O) groups is 2. The molecule has 5 heteroatoms. The predicted octanol–water partition coefficient (Wildman–Crippen LogP) is 1.68. The molecule has 1 fully saturated rings. The Morgan fingerprint density at radius 3 is 2.72 bits per heavy atom. The molecule has 1 aliphatic rings. The van der Waals surface area contributed by atoms with Gasteiger partial charge in [-0.1, -0.05) is 6.07 Å². The van der Waals surface area contributed by atoms with E-state index in [1.807, 2.05) is 0 Å². The Morgan fingerprint density at radius 1 is 1.44 bits per heavy atom. The van der Waals surface area contributed by atoms with Crippen molar-refractivity contribution in [2.45, 2.75) is 13.3 Å². The van der Waals surface area contributed by atoms with E-state index in [-0.39, 0.29) is 18.0 Å². The molecular formula is C13H14FNO3. The number of rotatable bonds is 2. The molecule has 1 heterocycles. The van der Waals surface area contributed by atoms with Crippen LogP contribution in [-0.2, 0) is 4.79 Å². The first-order valence-corrected chi connectivity index (χ1v) is 5.77. The number of amides is 1. The Bertz CT molecular complexity index is 501. The molecule has 0 saturated carbocycles. The van der Waals surface area contributed by atoms with E-state index in [1.165, 1.54) is 11.0 Å². The van der Waals surface area contributed by atoms with Crippen molar-refractivity contribution in [3.8, 4) is 0 Å². The molecular weight excluding hydrogens is 237 g/mol. The molecule has 1 atom stereocenters. The quantitative estimate of drug-likeness (QED) is 0.870. The summed E-state index contributed by atoms with van der Waals surface area (Å²) in [5.41, 5.74) is 0.750. The maximum atomic E-state index is 13.4. The zero-order valence-electron chi connectivity index (χ0n) is 10.0. The second kappa shape index (κ2) is 4.76. The van der Waals surface area contributed by atoms with Crippen LogP contribution in [0.5, 0.6) is 0 Å². The van der Waals surface area contributed by atoms with Crippen molar-refractivity contribution >= 4 is 11.9 Å². The van der Waals surface area contributed by atoms with E-state index in [1.54, 1.807) is 19.1 Å². The number of carbonyl (C=O) groups excluding carboxylic acids is 1. The Balaban J connectivity index is 2.12. The van der Waals surface area contributed by atoms with Gasteiger partial charge in [0.1, 0.15) is 5.82 Å². The van der Waals surface area contributed by atoms with E-state index in [2.05, 4.69) is 0 Å². The summed E-state index contributed by atoms with van der Waals surface area (Å²) in [6.07, 6.45) is 0.454. The number of carboxylic acids is 1. The number of hydrogen-bond acceptors (Lipinski definition) is 2. The summed E-state index contributed by atoms with van der Waals surface area (Å²) in [5, 5.41) is 8.87. The predicted molar refractivity (Wildman–Crippen MR) is 62.8 cm³/mol. The van der Waals surface area contributed by atoms with Crippen molar-refractivity contribution in [2.24, 2.45) is 5.92 Å². The van der Waals surface area contributed by atoms with E-state index in [0.29, 0.717) is 18.5 Å². The van der Waals surface area contributed by atoms with E-state index < -0.39 is 17.7 Å². The van der Waals surface area contributed by atoms with Crippen molar-refractivity contribution < 1.29 is 19.1 Å². The first-order valence-electron chi connectivity index (χ1n) is 5.77. The summed E-state index contributed by atoms with van der Waals surface area (Å²) in [7, 11) is 0. The molecule has 1 amide bonds. The smallest absolute Gasteiger partial charge is 0.308 e. The Morgan fingerprint density at radius 2 is 2.17 bits per heavy atom. The number of hydrogen-bond donors (Lipinski definition) is 1. The molecule has 4 nitrogen and oxygen atoms in total. The van der Waals surface area contributed by atoms with Gasteiger partial charge in [0.2, 0.25) is 0 Å². The lowest BCUT2D eigenvalue weighted by molar-refractivity contribution is -0.141. The normalized spacial score (nSPS) is 19.0. The maximum Gasteiger partial charge on any atom is 0.308 e. The number of nitrogens with zero attached hydrogens (tertiary/aromatic N) is 1. The van der Waals surface area contributed by atoms with E-state index in [4.69, 9.17) is 5.11 Å². The zero-order valence-corrected chi connectivity index (χ0v) is 10.0. The van der Waals surface area contributed by atoms with E-state index in [0.717, 1.165) is 0 Å². The number of halogens is 1. The van der Waals surface area contributed by atoms with Gasteiger partial charge in [-0.2, -0.15) is 0 Å². The first kappa shape index (κ1) is 12.5. The van der Waals surface area contributed by atoms with Crippen LogP contribution in [-0.4, -0.2) is 35.0 Å². The Labute approximate surface area is 104 Å². The van der Waals surface area contributed by atoms with Crippen LogP contribution in [0, 0.1) is 18.7 Å². The van der Waals surface area contributed by atoms with Crippen LogP contribution in [0.4, 0.5) is 4.39 Å². The van der Waals surface area contributed by atoms with Crippen LogP contribution in [0.1, 0.15) is 22.3 Å². The maximum absolute atomic E-state index is 13.4. The van der Waals surface area contributed by atoms with Gasteiger partial charge in [-0.25, -0.2) is 4.39 Å². The number of carboxylic acid groups (broad SMARTS) is 1. The van der Waals surface area contributed by atoms with Crippen LogP contribution in [0.15, 0.2) is 18.2 Å². The highest BCUT2D eigenvalue weighted by Gasteiger charge is 2.31. The molecule has 0 aliphatic carbocycles. The fourth-order valence-corrected chi connectivity index (χ4v) is 2.05. The summed E-state index contributed by atoms with van der Waals surface area (Å²) in [6, 6.07) is 4.31.